The second-order valence-corrected chi connectivity index (χ2v) is 7.87. The average molecular weight is 476 g/mol. The van der Waals surface area contributed by atoms with Crippen LogP contribution < -0.4 is 5.32 Å². The molecule has 1 heterocycles. The number of carbonyl (C=O) groups excluding carboxylic acids is 1. The highest BCUT2D eigenvalue weighted by atomic mass is 32.2. The fourth-order valence-electron chi connectivity index (χ4n) is 3.12. The minimum absolute atomic E-state index is 0.0199. The fourth-order valence-corrected chi connectivity index (χ4v) is 3.87. The molecule has 0 aliphatic rings. The summed E-state index contributed by atoms with van der Waals surface area (Å²) < 4.78 is 1.76. The Labute approximate surface area is 196 Å². The van der Waals surface area contributed by atoms with Crippen LogP contribution in [-0.4, -0.2) is 36.3 Å². The molecule has 0 radical (unpaired) electrons. The first kappa shape index (κ1) is 22.6. The molecule has 1 amide bonds. The molecule has 0 aliphatic heterocycles. The molecule has 0 fully saturated rings. The number of hydrogen-bond acceptors (Lipinski definition) is 8. The molecule has 0 aliphatic carbocycles. The number of aromatic nitrogens is 3. The van der Waals surface area contributed by atoms with E-state index in [4.69, 9.17) is 0 Å². The zero-order chi connectivity index (χ0) is 24.1. The third-order valence-electron chi connectivity index (χ3n) is 4.66. The van der Waals surface area contributed by atoms with E-state index in [2.05, 4.69) is 15.5 Å². The zero-order valence-electron chi connectivity index (χ0n) is 17.4. The third kappa shape index (κ3) is 5.07. The summed E-state index contributed by atoms with van der Waals surface area (Å²) in [6.45, 7) is 0. The lowest BCUT2D eigenvalue weighted by atomic mass is 10.2. The Hall–Kier alpha value is -4.58. The molecule has 34 heavy (non-hydrogen) atoms. The van der Waals surface area contributed by atoms with Gasteiger partial charge in [0.1, 0.15) is 0 Å². The average Bonchev–Trinajstić information content (AvgIpc) is 3.27. The molecule has 4 rings (SSSR count). The van der Waals surface area contributed by atoms with Gasteiger partial charge in [0.15, 0.2) is 11.0 Å². The Kier molecular flexibility index (Phi) is 6.59. The summed E-state index contributed by atoms with van der Waals surface area (Å²) in [5, 5.41) is 33.4. The van der Waals surface area contributed by atoms with Crippen LogP contribution in [0.15, 0.2) is 84.0 Å². The van der Waals surface area contributed by atoms with Gasteiger partial charge < -0.3 is 5.32 Å². The van der Waals surface area contributed by atoms with Gasteiger partial charge in [0.25, 0.3) is 11.4 Å². The van der Waals surface area contributed by atoms with Gasteiger partial charge in [0.05, 0.1) is 15.6 Å². The van der Waals surface area contributed by atoms with Crippen molar-refractivity contribution in [2.45, 2.75) is 5.16 Å². The molecule has 0 spiro atoms. The van der Waals surface area contributed by atoms with Crippen LogP contribution in [-0.2, 0) is 4.79 Å². The summed E-state index contributed by atoms with van der Waals surface area (Å²) in [7, 11) is 0. The Bertz CT molecular complexity index is 1360. The van der Waals surface area contributed by atoms with E-state index < -0.39 is 9.85 Å². The highest BCUT2D eigenvalue weighted by Crippen LogP contribution is 2.29. The van der Waals surface area contributed by atoms with Crippen molar-refractivity contribution in [2.75, 3.05) is 11.1 Å². The van der Waals surface area contributed by atoms with Crippen LogP contribution in [0.3, 0.4) is 0 Å². The quantitative estimate of drug-likeness (QED) is 0.222. The monoisotopic (exact) mass is 476 g/mol. The first-order chi connectivity index (χ1) is 16.4. The van der Waals surface area contributed by atoms with Gasteiger partial charge in [-0.15, -0.1) is 10.2 Å². The summed E-state index contributed by atoms with van der Waals surface area (Å²) >= 11 is 1.14. The van der Waals surface area contributed by atoms with Gasteiger partial charge in [0.2, 0.25) is 5.91 Å². The van der Waals surface area contributed by atoms with E-state index in [1.165, 1.54) is 30.3 Å². The van der Waals surface area contributed by atoms with Crippen LogP contribution in [0.2, 0.25) is 0 Å². The standard InChI is InChI=1S/C22H16N6O5S/c29-20(23-16-5-4-8-19(13-16)28(32)33)14-34-22-25-24-21(26(22)17-6-2-1-3-7-17)15-9-11-18(12-10-15)27(30)31/h1-13H,14H2,(H,23,29). The van der Waals surface area contributed by atoms with Gasteiger partial charge in [-0.2, -0.15) is 0 Å². The van der Waals surface area contributed by atoms with Gasteiger partial charge in [-0.25, -0.2) is 0 Å². The predicted octanol–water partition coefficient (Wildman–Crippen LogP) is 4.48. The molecule has 0 bridgehead atoms. The molecule has 3 aromatic carbocycles. The Morgan fingerprint density at radius 3 is 2.26 bits per heavy atom. The molecule has 170 valence electrons. The SMILES string of the molecule is O=C(CSc1nnc(-c2ccc([N+](=O)[O-])cc2)n1-c1ccccc1)Nc1cccc([N+](=O)[O-])c1. The fraction of sp³-hybridized carbons (Fsp3) is 0.0455. The molecule has 0 atom stereocenters. The highest BCUT2D eigenvalue weighted by Gasteiger charge is 2.18. The van der Waals surface area contributed by atoms with Crippen molar-refractivity contribution < 1.29 is 14.6 Å². The number of nitrogens with one attached hydrogen (secondary N) is 1. The number of nitro benzene ring substituents is 2. The largest absolute Gasteiger partial charge is 0.325 e. The number of hydrogen-bond donors (Lipinski definition) is 1. The number of amides is 1. The van der Waals surface area contributed by atoms with Crippen LogP contribution in [0, 0.1) is 20.2 Å². The van der Waals surface area contributed by atoms with Crippen molar-refractivity contribution in [3.8, 4) is 17.1 Å². The molecular weight excluding hydrogens is 460 g/mol. The number of para-hydroxylation sites is 1. The van der Waals surface area contributed by atoms with Crippen LogP contribution in [0.1, 0.15) is 0 Å². The van der Waals surface area contributed by atoms with Crippen molar-refractivity contribution in [1.29, 1.82) is 0 Å². The molecule has 1 N–H and O–H groups in total. The predicted molar refractivity (Wildman–Crippen MR) is 126 cm³/mol. The lowest BCUT2D eigenvalue weighted by Crippen LogP contribution is -2.14. The van der Waals surface area contributed by atoms with E-state index in [1.807, 2.05) is 30.3 Å². The maximum Gasteiger partial charge on any atom is 0.271 e. The first-order valence-corrected chi connectivity index (χ1v) is 10.8. The Morgan fingerprint density at radius 2 is 1.59 bits per heavy atom. The minimum atomic E-state index is -0.535. The molecule has 11 nitrogen and oxygen atoms in total. The summed E-state index contributed by atoms with van der Waals surface area (Å²) in [4.78, 5) is 33.4. The van der Waals surface area contributed by atoms with E-state index in [-0.39, 0.29) is 23.0 Å². The number of benzene rings is 3. The number of non-ortho nitro benzene ring substituents is 2. The normalized spacial score (nSPS) is 10.6. The minimum Gasteiger partial charge on any atom is -0.325 e. The second kappa shape index (κ2) is 9.92. The molecule has 1 aromatic heterocycles. The van der Waals surface area contributed by atoms with Crippen LogP contribution in [0.4, 0.5) is 17.1 Å². The van der Waals surface area contributed by atoms with Gasteiger partial charge in [-0.1, -0.05) is 36.0 Å². The number of rotatable bonds is 8. The maximum atomic E-state index is 12.5. The summed E-state index contributed by atoms with van der Waals surface area (Å²) in [6, 6.07) is 20.9. The topological polar surface area (TPSA) is 146 Å². The van der Waals surface area contributed by atoms with E-state index >= 15 is 0 Å². The smallest absolute Gasteiger partial charge is 0.271 e. The van der Waals surface area contributed by atoms with Gasteiger partial charge in [0, 0.05) is 41.2 Å². The summed E-state index contributed by atoms with van der Waals surface area (Å²) in [5.74, 6) is 0.0705. The highest BCUT2D eigenvalue weighted by molar-refractivity contribution is 7.99. The molecule has 12 heteroatoms. The number of thioether (sulfide) groups is 1. The third-order valence-corrected chi connectivity index (χ3v) is 5.59. The van der Waals surface area contributed by atoms with Crippen molar-refractivity contribution in [1.82, 2.24) is 14.8 Å². The number of nitrogens with zero attached hydrogens (tertiary/aromatic N) is 5. The maximum absolute atomic E-state index is 12.5. The van der Waals surface area contributed by atoms with E-state index in [9.17, 15) is 25.0 Å². The molecule has 0 saturated carbocycles. The summed E-state index contributed by atoms with van der Waals surface area (Å²) in [5.41, 5.74) is 1.53. The van der Waals surface area contributed by atoms with Gasteiger partial charge >= 0.3 is 0 Å². The van der Waals surface area contributed by atoms with Crippen LogP contribution in [0.5, 0.6) is 0 Å². The van der Waals surface area contributed by atoms with Crippen molar-refractivity contribution in [2.24, 2.45) is 0 Å². The van der Waals surface area contributed by atoms with Crippen molar-refractivity contribution in [3.63, 3.8) is 0 Å². The van der Waals surface area contributed by atoms with Crippen molar-refractivity contribution >= 4 is 34.7 Å². The van der Waals surface area contributed by atoms with Crippen molar-refractivity contribution in [3.05, 3.63) is 99.1 Å². The van der Waals surface area contributed by atoms with E-state index in [0.717, 1.165) is 17.4 Å². The zero-order valence-corrected chi connectivity index (χ0v) is 18.2. The van der Waals surface area contributed by atoms with Gasteiger partial charge in [-0.3, -0.25) is 29.6 Å². The first-order valence-electron chi connectivity index (χ1n) is 9.85. The lowest BCUT2D eigenvalue weighted by molar-refractivity contribution is -0.385. The van der Waals surface area contributed by atoms with E-state index in [0.29, 0.717) is 22.2 Å². The van der Waals surface area contributed by atoms with Crippen LogP contribution >= 0.6 is 11.8 Å². The molecule has 4 aromatic rings. The Balaban J connectivity index is 1.57. The number of anilines is 1. The molecular formula is C22H16N6O5S. The number of carbonyl (C=O) groups is 1. The molecule has 0 unspecified atom stereocenters. The Morgan fingerprint density at radius 1 is 0.882 bits per heavy atom. The van der Waals surface area contributed by atoms with Gasteiger partial charge in [-0.05, 0) is 30.3 Å². The van der Waals surface area contributed by atoms with E-state index in [1.54, 1.807) is 22.8 Å². The molecule has 0 saturated heterocycles. The van der Waals surface area contributed by atoms with Crippen LogP contribution in [0.25, 0.3) is 17.1 Å². The second-order valence-electron chi connectivity index (χ2n) is 6.93. The number of nitro groups is 2. The lowest BCUT2D eigenvalue weighted by Gasteiger charge is -2.10. The summed E-state index contributed by atoms with van der Waals surface area (Å²) in [6.07, 6.45) is 0.